The number of fused-ring (bicyclic) bond motifs is 1. The maximum absolute atomic E-state index is 13.9. The minimum atomic E-state index is -0.465. The van der Waals surface area contributed by atoms with E-state index in [0.29, 0.717) is 79.3 Å². The molecule has 2 saturated heterocycles. The van der Waals surface area contributed by atoms with Crippen LogP contribution in [-0.2, 0) is 19.2 Å². The molecule has 2 fully saturated rings. The minimum absolute atomic E-state index is 0.0205. The number of benzene rings is 1. The summed E-state index contributed by atoms with van der Waals surface area (Å²) in [5, 5.41) is 21.0. The molecule has 1 aromatic carbocycles. The first-order chi connectivity index (χ1) is 26.0. The molecule has 1 atom stereocenters. The van der Waals surface area contributed by atoms with Crippen LogP contribution < -0.4 is 21.3 Å². The Labute approximate surface area is 316 Å². The number of hydrogen-bond donors (Lipinski definition) is 6. The SMILES string of the molecule is Cc1[nH]c(/C=C2\C(=O)Nc3ccc(F)cc32)c(C)c1C(=O)NCCCN1CCN(CC(=O)NCCCCCCCC(=O)NCC(=O)N2CC[C@@H](O)C2)CC1. The molecule has 0 unspecified atom stereocenters. The third kappa shape index (κ3) is 11.5. The van der Waals surface area contributed by atoms with E-state index in [0.717, 1.165) is 76.8 Å². The number of amides is 5. The fraction of sp³-hybridized carbons (Fsp3) is 0.564. The zero-order valence-corrected chi connectivity index (χ0v) is 31.5. The molecule has 14 nitrogen and oxygen atoms in total. The number of carbonyl (C=O) groups excluding carboxylic acids is 5. The number of aromatic amines is 1. The lowest BCUT2D eigenvalue weighted by atomic mass is 10.0. The Balaban J connectivity index is 0.883. The van der Waals surface area contributed by atoms with Crippen LogP contribution in [0.3, 0.4) is 0 Å². The molecule has 1 aromatic heterocycles. The van der Waals surface area contributed by atoms with Gasteiger partial charge in [0, 0.05) is 81.4 Å². The van der Waals surface area contributed by atoms with Crippen LogP contribution in [0, 0.1) is 19.7 Å². The van der Waals surface area contributed by atoms with Crippen molar-refractivity contribution in [2.45, 2.75) is 71.3 Å². The lowest BCUT2D eigenvalue weighted by Crippen LogP contribution is -2.49. The Hall–Kier alpha value is -4.60. The summed E-state index contributed by atoms with van der Waals surface area (Å²) in [6.45, 7) is 10.2. The first-order valence-corrected chi connectivity index (χ1v) is 19.2. The Morgan fingerprint density at radius 2 is 1.63 bits per heavy atom. The van der Waals surface area contributed by atoms with E-state index in [9.17, 15) is 33.5 Å². The number of hydrogen-bond acceptors (Lipinski definition) is 8. The Kier molecular flexibility index (Phi) is 14.8. The quantitative estimate of drug-likeness (QED) is 0.0992. The zero-order valence-electron chi connectivity index (χ0n) is 31.5. The number of H-pyrrole nitrogens is 1. The summed E-state index contributed by atoms with van der Waals surface area (Å²) in [6.07, 6.45) is 7.46. The average molecular weight is 751 g/mol. The van der Waals surface area contributed by atoms with Gasteiger partial charge in [0.1, 0.15) is 5.82 Å². The predicted octanol–water partition coefficient (Wildman–Crippen LogP) is 2.17. The van der Waals surface area contributed by atoms with E-state index >= 15 is 0 Å². The molecule has 0 aliphatic carbocycles. The lowest BCUT2D eigenvalue weighted by molar-refractivity contribution is -0.132. The van der Waals surface area contributed by atoms with Crippen molar-refractivity contribution in [3.05, 3.63) is 52.1 Å². The standard InChI is InChI=1S/C39H55FN8O6/c1-26-33(22-31-30-21-28(40)10-11-32(30)45-38(31)53)44-27(2)37(26)39(54)42-14-8-15-46-17-19-47(20-18-46)25-35(51)41-13-7-5-3-4-6-9-34(50)43-23-36(52)48-16-12-29(49)24-48/h10-11,21-22,29,44,49H,3-9,12-20,23-25H2,1-2H3,(H,41,51)(H,42,54)(H,43,50)(H,45,53)/b31-22-/t29-/m1/s1. The molecule has 5 amide bonds. The second-order valence-corrected chi connectivity index (χ2v) is 14.5. The molecule has 0 bridgehead atoms. The largest absolute Gasteiger partial charge is 0.391 e. The Morgan fingerprint density at radius 1 is 0.907 bits per heavy atom. The number of piperazine rings is 1. The summed E-state index contributed by atoms with van der Waals surface area (Å²) < 4.78 is 13.9. The first-order valence-electron chi connectivity index (χ1n) is 19.2. The number of aryl methyl sites for hydroxylation is 1. The number of nitrogens with zero attached hydrogens (tertiary/aromatic N) is 3. The molecular weight excluding hydrogens is 695 g/mol. The summed E-state index contributed by atoms with van der Waals surface area (Å²) in [4.78, 5) is 71.5. The second-order valence-electron chi connectivity index (χ2n) is 14.5. The van der Waals surface area contributed by atoms with Crippen LogP contribution in [0.5, 0.6) is 0 Å². The molecule has 2 aromatic rings. The van der Waals surface area contributed by atoms with Gasteiger partial charge in [-0.2, -0.15) is 0 Å². The van der Waals surface area contributed by atoms with Crippen molar-refractivity contribution in [2.24, 2.45) is 0 Å². The normalized spacial score (nSPS) is 18.1. The fourth-order valence-corrected chi connectivity index (χ4v) is 7.24. The van der Waals surface area contributed by atoms with Crippen molar-refractivity contribution < 1.29 is 33.5 Å². The van der Waals surface area contributed by atoms with E-state index in [2.05, 4.69) is 36.1 Å². The highest BCUT2D eigenvalue weighted by molar-refractivity contribution is 6.35. The van der Waals surface area contributed by atoms with Gasteiger partial charge in [-0.15, -0.1) is 0 Å². The molecule has 294 valence electrons. The molecule has 0 spiro atoms. The summed E-state index contributed by atoms with van der Waals surface area (Å²) in [5.41, 5.74) is 3.97. The van der Waals surface area contributed by atoms with Gasteiger partial charge in [-0.1, -0.05) is 19.3 Å². The maximum atomic E-state index is 13.9. The van der Waals surface area contributed by atoms with E-state index in [-0.39, 0.29) is 36.1 Å². The van der Waals surface area contributed by atoms with Crippen molar-refractivity contribution in [1.82, 2.24) is 35.6 Å². The van der Waals surface area contributed by atoms with Crippen LogP contribution in [0.15, 0.2) is 18.2 Å². The molecule has 3 aliphatic rings. The highest BCUT2D eigenvalue weighted by atomic mass is 19.1. The van der Waals surface area contributed by atoms with Gasteiger partial charge in [-0.05, 0) is 75.9 Å². The van der Waals surface area contributed by atoms with Crippen LogP contribution >= 0.6 is 0 Å². The number of anilines is 1. The van der Waals surface area contributed by atoms with Gasteiger partial charge >= 0.3 is 0 Å². The highest BCUT2D eigenvalue weighted by Gasteiger charge is 2.27. The van der Waals surface area contributed by atoms with Gasteiger partial charge in [0.05, 0.1) is 30.3 Å². The highest BCUT2D eigenvalue weighted by Crippen LogP contribution is 2.34. The number of nitrogens with one attached hydrogen (secondary N) is 5. The van der Waals surface area contributed by atoms with E-state index in [1.165, 1.54) is 18.2 Å². The minimum Gasteiger partial charge on any atom is -0.391 e. The van der Waals surface area contributed by atoms with Gasteiger partial charge in [0.15, 0.2) is 0 Å². The third-order valence-corrected chi connectivity index (χ3v) is 10.4. The predicted molar refractivity (Wildman–Crippen MR) is 204 cm³/mol. The second kappa shape index (κ2) is 19.6. The number of aliphatic hydroxyl groups excluding tert-OH is 1. The number of rotatable bonds is 18. The van der Waals surface area contributed by atoms with Crippen molar-refractivity contribution in [2.75, 3.05) is 77.3 Å². The monoisotopic (exact) mass is 750 g/mol. The number of halogens is 1. The van der Waals surface area contributed by atoms with Crippen LogP contribution in [-0.4, -0.2) is 132 Å². The van der Waals surface area contributed by atoms with E-state index in [1.54, 1.807) is 11.0 Å². The molecule has 0 saturated carbocycles. The van der Waals surface area contributed by atoms with E-state index in [1.807, 2.05) is 13.8 Å². The van der Waals surface area contributed by atoms with E-state index < -0.39 is 11.9 Å². The number of unbranched alkanes of at least 4 members (excludes halogenated alkanes) is 4. The molecular formula is C39H55FN8O6. The van der Waals surface area contributed by atoms with Gasteiger partial charge in [-0.3, -0.25) is 28.9 Å². The van der Waals surface area contributed by atoms with Gasteiger partial charge in [0.2, 0.25) is 17.7 Å². The van der Waals surface area contributed by atoms with Crippen molar-refractivity contribution in [3.63, 3.8) is 0 Å². The Bertz CT molecular complexity index is 1700. The van der Waals surface area contributed by atoms with Gasteiger partial charge < -0.3 is 41.2 Å². The smallest absolute Gasteiger partial charge is 0.256 e. The summed E-state index contributed by atoms with van der Waals surface area (Å²) in [5.74, 6) is -1.19. The number of aliphatic hydroxyl groups is 1. The average Bonchev–Trinajstić information content (AvgIpc) is 3.80. The van der Waals surface area contributed by atoms with Gasteiger partial charge in [-0.25, -0.2) is 4.39 Å². The molecule has 3 aliphatic heterocycles. The Morgan fingerprint density at radius 3 is 2.39 bits per heavy atom. The molecule has 5 rings (SSSR count). The van der Waals surface area contributed by atoms with Crippen LogP contribution in [0.1, 0.15) is 84.2 Å². The molecule has 54 heavy (non-hydrogen) atoms. The van der Waals surface area contributed by atoms with Crippen molar-refractivity contribution in [1.29, 1.82) is 0 Å². The van der Waals surface area contributed by atoms with E-state index in [4.69, 9.17) is 0 Å². The summed E-state index contributed by atoms with van der Waals surface area (Å²) in [6, 6.07) is 4.17. The summed E-state index contributed by atoms with van der Waals surface area (Å²) in [7, 11) is 0. The fourth-order valence-electron chi connectivity index (χ4n) is 7.24. The molecule has 6 N–H and O–H groups in total. The maximum Gasteiger partial charge on any atom is 0.256 e. The molecule has 4 heterocycles. The van der Waals surface area contributed by atoms with Crippen molar-refractivity contribution >= 4 is 46.9 Å². The number of aromatic nitrogens is 1. The number of carbonyl (C=O) groups is 5. The molecule has 15 heteroatoms. The van der Waals surface area contributed by atoms with Crippen LogP contribution in [0.25, 0.3) is 11.6 Å². The van der Waals surface area contributed by atoms with Crippen molar-refractivity contribution in [3.8, 4) is 0 Å². The number of β-amino-alcohol motifs (C(OH)–C–C–N with tert-alkyl or cyclic N) is 1. The first kappa shape index (κ1) is 40.6. The zero-order chi connectivity index (χ0) is 38.6. The molecule has 0 radical (unpaired) electrons. The topological polar surface area (TPSA) is 179 Å². The summed E-state index contributed by atoms with van der Waals surface area (Å²) >= 11 is 0. The lowest BCUT2D eigenvalue weighted by Gasteiger charge is -2.34. The third-order valence-electron chi connectivity index (χ3n) is 10.4. The van der Waals surface area contributed by atoms with Gasteiger partial charge in [0.25, 0.3) is 11.8 Å². The van der Waals surface area contributed by atoms with Crippen LogP contribution in [0.4, 0.5) is 10.1 Å². The van der Waals surface area contributed by atoms with Crippen LogP contribution in [0.2, 0.25) is 0 Å². The number of likely N-dealkylation sites (tertiary alicyclic amines) is 1.